The van der Waals surface area contributed by atoms with Crippen LogP contribution in [0, 0.1) is 0 Å². The Hall–Kier alpha value is -6.84. The minimum Gasteiger partial charge on any atom is -0.456 e. The molecule has 0 fully saturated rings. The zero-order valence-corrected chi connectivity index (χ0v) is 30.4. The van der Waals surface area contributed by atoms with Gasteiger partial charge in [0.25, 0.3) is 0 Å². The second-order valence-electron chi connectivity index (χ2n) is 14.8. The Morgan fingerprint density at radius 1 is 0.582 bits per heavy atom. The molecule has 0 radical (unpaired) electrons. The van der Waals surface area contributed by atoms with Gasteiger partial charge in [-0.3, -0.25) is 0 Å². The van der Waals surface area contributed by atoms with Crippen molar-refractivity contribution in [3.05, 3.63) is 210 Å². The number of anilines is 3. The van der Waals surface area contributed by atoms with E-state index < -0.39 is 0 Å². The molecule has 2 heterocycles. The maximum atomic E-state index is 6.34. The lowest BCUT2D eigenvalue weighted by Crippen LogP contribution is -2.14. The van der Waals surface area contributed by atoms with Crippen molar-refractivity contribution in [2.75, 3.05) is 4.90 Å². The van der Waals surface area contributed by atoms with Crippen LogP contribution in [0.25, 0.3) is 55.4 Å². The molecule has 2 aromatic heterocycles. The van der Waals surface area contributed by atoms with Gasteiger partial charge in [0.15, 0.2) is 0 Å². The van der Waals surface area contributed by atoms with Crippen LogP contribution in [0.4, 0.5) is 17.1 Å². The summed E-state index contributed by atoms with van der Waals surface area (Å²) >= 11 is 0. The minimum atomic E-state index is 0.235. The molecule has 0 saturated heterocycles. The highest BCUT2D eigenvalue weighted by Gasteiger charge is 2.27. The molecule has 3 heteroatoms. The molecule has 0 bridgehead atoms. The van der Waals surface area contributed by atoms with E-state index in [2.05, 4.69) is 191 Å². The lowest BCUT2D eigenvalue weighted by Gasteiger charge is -2.31. The van der Waals surface area contributed by atoms with Crippen LogP contribution < -0.4 is 4.90 Å². The van der Waals surface area contributed by atoms with E-state index in [-0.39, 0.29) is 5.92 Å². The first-order valence-electron chi connectivity index (χ1n) is 19.3. The highest BCUT2D eigenvalue weighted by Crippen LogP contribution is 2.46. The molecule has 1 unspecified atom stereocenters. The van der Waals surface area contributed by atoms with Crippen molar-refractivity contribution < 1.29 is 4.42 Å². The summed E-state index contributed by atoms with van der Waals surface area (Å²) in [6.07, 6.45) is 12.4. The predicted molar refractivity (Wildman–Crippen MR) is 230 cm³/mol. The molecule has 9 aromatic rings. The van der Waals surface area contributed by atoms with Crippen LogP contribution >= 0.6 is 0 Å². The maximum Gasteiger partial charge on any atom is 0.137 e. The van der Waals surface area contributed by atoms with Crippen molar-refractivity contribution in [1.29, 1.82) is 0 Å². The number of rotatable bonds is 6. The molecule has 7 aromatic carbocycles. The monoisotopic (exact) mass is 706 g/mol. The molecule has 11 rings (SSSR count). The smallest absolute Gasteiger partial charge is 0.137 e. The first kappa shape index (κ1) is 31.7. The van der Waals surface area contributed by atoms with Crippen LogP contribution in [-0.4, -0.2) is 4.57 Å². The third kappa shape index (κ3) is 5.26. The zero-order chi connectivity index (χ0) is 36.3. The van der Waals surface area contributed by atoms with Gasteiger partial charge in [-0.15, -0.1) is 0 Å². The SMILES string of the molecule is C1=CC(c2ccccc2N(c2ccccc2)c2ccc3ccccc3c2)CC(C2=Cc3c(n(-c4cccc5oc6ccccc6c45)c4ccccc34)CC2)=C1. The molecule has 0 spiro atoms. The van der Waals surface area contributed by atoms with Crippen LogP contribution in [-0.2, 0) is 6.42 Å². The predicted octanol–water partition coefficient (Wildman–Crippen LogP) is 14.2. The van der Waals surface area contributed by atoms with Gasteiger partial charge >= 0.3 is 0 Å². The molecule has 55 heavy (non-hydrogen) atoms. The fourth-order valence-corrected chi connectivity index (χ4v) is 9.15. The number of hydrogen-bond acceptors (Lipinski definition) is 2. The number of para-hydroxylation sites is 4. The van der Waals surface area contributed by atoms with Crippen molar-refractivity contribution in [2.24, 2.45) is 0 Å². The number of allylic oxidation sites excluding steroid dienone is 5. The Bertz CT molecular complexity index is 3030. The van der Waals surface area contributed by atoms with Crippen molar-refractivity contribution in [2.45, 2.75) is 25.2 Å². The third-order valence-corrected chi connectivity index (χ3v) is 11.7. The van der Waals surface area contributed by atoms with E-state index in [4.69, 9.17) is 4.42 Å². The lowest BCUT2D eigenvalue weighted by atomic mass is 9.81. The highest BCUT2D eigenvalue weighted by molar-refractivity contribution is 6.10. The average molecular weight is 707 g/mol. The van der Waals surface area contributed by atoms with Gasteiger partial charge in [0, 0.05) is 45.0 Å². The summed E-state index contributed by atoms with van der Waals surface area (Å²) in [4.78, 5) is 2.43. The number of fused-ring (bicyclic) bond motifs is 7. The Morgan fingerprint density at radius 3 is 2.27 bits per heavy atom. The van der Waals surface area contributed by atoms with Crippen molar-refractivity contribution in [3.8, 4) is 5.69 Å². The Labute approximate surface area is 320 Å². The Morgan fingerprint density at radius 2 is 1.35 bits per heavy atom. The fraction of sp³-hybridized carbons (Fsp3) is 0.0769. The normalized spacial score (nSPS) is 15.4. The van der Waals surface area contributed by atoms with E-state index in [1.165, 1.54) is 66.4 Å². The summed E-state index contributed by atoms with van der Waals surface area (Å²) in [5.74, 6) is 0.235. The fourth-order valence-electron chi connectivity index (χ4n) is 9.15. The van der Waals surface area contributed by atoms with Crippen LogP contribution in [0.5, 0.6) is 0 Å². The largest absolute Gasteiger partial charge is 0.456 e. The second kappa shape index (κ2) is 12.9. The van der Waals surface area contributed by atoms with Gasteiger partial charge in [0.05, 0.1) is 16.6 Å². The second-order valence-corrected chi connectivity index (χ2v) is 14.8. The summed E-state index contributed by atoms with van der Waals surface area (Å²) in [6.45, 7) is 0. The molecule has 262 valence electrons. The third-order valence-electron chi connectivity index (χ3n) is 11.7. The molecule has 3 nitrogen and oxygen atoms in total. The molecule has 2 aliphatic carbocycles. The van der Waals surface area contributed by atoms with E-state index in [1.807, 2.05) is 6.07 Å². The van der Waals surface area contributed by atoms with Crippen LogP contribution in [0.2, 0.25) is 0 Å². The van der Waals surface area contributed by atoms with Gasteiger partial charge in [-0.1, -0.05) is 127 Å². The zero-order valence-electron chi connectivity index (χ0n) is 30.4. The average Bonchev–Trinajstić information content (AvgIpc) is 3.80. The summed E-state index contributed by atoms with van der Waals surface area (Å²) in [6, 6.07) is 58.9. The topological polar surface area (TPSA) is 21.3 Å². The quantitative estimate of drug-likeness (QED) is 0.172. The van der Waals surface area contributed by atoms with Gasteiger partial charge in [-0.2, -0.15) is 0 Å². The molecule has 0 aliphatic heterocycles. The van der Waals surface area contributed by atoms with Crippen molar-refractivity contribution >= 4 is 66.8 Å². The summed E-state index contributed by atoms with van der Waals surface area (Å²) in [5.41, 5.74) is 14.7. The molecule has 0 amide bonds. The van der Waals surface area contributed by atoms with E-state index in [0.717, 1.165) is 47.2 Å². The molecular formula is C52H38N2O. The lowest BCUT2D eigenvalue weighted by molar-refractivity contribution is 0.669. The van der Waals surface area contributed by atoms with Crippen molar-refractivity contribution in [3.63, 3.8) is 0 Å². The number of hydrogen-bond donors (Lipinski definition) is 0. The van der Waals surface area contributed by atoms with Crippen LogP contribution in [0.3, 0.4) is 0 Å². The number of furan rings is 1. The van der Waals surface area contributed by atoms with E-state index in [9.17, 15) is 0 Å². The molecule has 0 saturated carbocycles. The first-order valence-corrected chi connectivity index (χ1v) is 19.3. The van der Waals surface area contributed by atoms with Crippen molar-refractivity contribution in [1.82, 2.24) is 4.57 Å². The number of aromatic nitrogens is 1. The first-order chi connectivity index (χ1) is 27.3. The van der Waals surface area contributed by atoms with E-state index in [1.54, 1.807) is 0 Å². The standard InChI is InChI=1S/C52H38N2O/c1-2-18-40(19-3-1)53(41-30-28-35-14-4-5-15-37(35)33-41)46-23-9-6-20-42(46)39-17-12-16-36(32-39)38-29-31-48-45(34-38)43-21-7-10-24-47(43)54(48)49-25-13-27-51-52(49)44-22-8-11-26-50(44)55-51/h1-28,30,33-34,39H,29,31-32H2. The van der Waals surface area contributed by atoms with E-state index >= 15 is 0 Å². The maximum absolute atomic E-state index is 6.34. The number of nitrogens with zero attached hydrogens (tertiary/aromatic N) is 2. The highest BCUT2D eigenvalue weighted by atomic mass is 16.3. The minimum absolute atomic E-state index is 0.235. The summed E-state index contributed by atoms with van der Waals surface area (Å²) in [7, 11) is 0. The van der Waals surface area contributed by atoms with E-state index in [0.29, 0.717) is 0 Å². The van der Waals surface area contributed by atoms with Crippen LogP contribution in [0.15, 0.2) is 198 Å². The Kier molecular flexibility index (Phi) is 7.44. The molecular weight excluding hydrogens is 669 g/mol. The van der Waals surface area contributed by atoms with Gasteiger partial charge < -0.3 is 13.9 Å². The number of benzene rings is 7. The van der Waals surface area contributed by atoms with Gasteiger partial charge in [0.1, 0.15) is 11.2 Å². The van der Waals surface area contributed by atoms with Gasteiger partial charge in [-0.25, -0.2) is 0 Å². The van der Waals surface area contributed by atoms with Gasteiger partial charge in [-0.05, 0) is 107 Å². The van der Waals surface area contributed by atoms with Gasteiger partial charge in [0.2, 0.25) is 0 Å². The van der Waals surface area contributed by atoms with Crippen LogP contribution in [0.1, 0.15) is 35.6 Å². The molecule has 2 aliphatic rings. The summed E-state index contributed by atoms with van der Waals surface area (Å²) in [5, 5.41) is 6.11. The molecule has 0 N–H and O–H groups in total. The summed E-state index contributed by atoms with van der Waals surface area (Å²) < 4.78 is 8.84. The Balaban J connectivity index is 0.985. The molecule has 1 atom stereocenters.